The molecule has 2 aromatic heterocycles. The van der Waals surface area contributed by atoms with Crippen LogP contribution in [0.3, 0.4) is 0 Å². The van der Waals surface area contributed by atoms with E-state index in [4.69, 9.17) is 0 Å². The summed E-state index contributed by atoms with van der Waals surface area (Å²) < 4.78 is 0. The van der Waals surface area contributed by atoms with Gasteiger partial charge in [-0.2, -0.15) is 5.10 Å². The minimum Gasteiger partial charge on any atom is -0.354 e. The van der Waals surface area contributed by atoms with Crippen LogP contribution in [0.1, 0.15) is 75.8 Å². The zero-order valence-corrected chi connectivity index (χ0v) is 13.9. The first kappa shape index (κ1) is 15.2. The summed E-state index contributed by atoms with van der Waals surface area (Å²) in [6.45, 7) is 2.63. The predicted octanol–water partition coefficient (Wildman–Crippen LogP) is 2.93. The first-order chi connectivity index (χ1) is 11.7. The lowest BCUT2D eigenvalue weighted by Crippen LogP contribution is -2.38. The van der Waals surface area contributed by atoms with Crippen molar-refractivity contribution >= 4 is 11.7 Å². The normalized spacial score (nSPS) is 21.0. The van der Waals surface area contributed by atoms with Gasteiger partial charge in [0, 0.05) is 36.0 Å². The molecule has 2 aliphatic rings. The Morgan fingerprint density at radius 1 is 1.29 bits per heavy atom. The molecule has 1 amide bonds. The molecular formula is C18H22N4O2. The van der Waals surface area contributed by atoms with Crippen molar-refractivity contribution in [2.75, 3.05) is 6.54 Å². The van der Waals surface area contributed by atoms with Gasteiger partial charge in [0.15, 0.2) is 5.78 Å². The van der Waals surface area contributed by atoms with Gasteiger partial charge >= 0.3 is 0 Å². The highest BCUT2D eigenvalue weighted by molar-refractivity contribution is 6.04. The molecular weight excluding hydrogens is 304 g/mol. The second-order valence-electron chi connectivity index (χ2n) is 6.80. The molecule has 4 rings (SSSR count). The Balaban J connectivity index is 1.69. The molecule has 1 saturated heterocycles. The zero-order valence-electron chi connectivity index (χ0n) is 13.9. The lowest BCUT2D eigenvalue weighted by molar-refractivity contribution is 0.0605. The van der Waals surface area contributed by atoms with Crippen LogP contribution in [-0.2, 0) is 6.42 Å². The van der Waals surface area contributed by atoms with Gasteiger partial charge in [0.05, 0.1) is 12.2 Å². The summed E-state index contributed by atoms with van der Waals surface area (Å²) in [7, 11) is 0. The molecule has 0 saturated carbocycles. The SMILES string of the molecule is Cc1c(C(=O)N2CCCCC2c2cn[nH]c2)[nH]c2c1C(=O)CCC2. The second-order valence-corrected chi connectivity index (χ2v) is 6.80. The standard InChI is InChI=1S/C18H22N4O2/c1-11-16-13(5-4-7-15(16)23)21-17(11)18(24)22-8-3-2-6-14(22)12-9-19-20-10-12/h9-10,14,21H,2-8H2,1H3,(H,19,20). The van der Waals surface area contributed by atoms with Crippen molar-refractivity contribution in [1.29, 1.82) is 0 Å². The van der Waals surface area contributed by atoms with Crippen molar-refractivity contribution < 1.29 is 9.59 Å². The monoisotopic (exact) mass is 326 g/mol. The molecule has 6 nitrogen and oxygen atoms in total. The third kappa shape index (κ3) is 2.37. The number of rotatable bonds is 2. The predicted molar refractivity (Wildman–Crippen MR) is 89.0 cm³/mol. The number of carbonyl (C=O) groups excluding carboxylic acids is 2. The van der Waals surface area contributed by atoms with Crippen molar-refractivity contribution in [3.63, 3.8) is 0 Å². The molecule has 1 atom stereocenters. The molecule has 24 heavy (non-hydrogen) atoms. The summed E-state index contributed by atoms with van der Waals surface area (Å²) >= 11 is 0. The van der Waals surface area contributed by atoms with Gasteiger partial charge in [0.25, 0.3) is 5.91 Å². The summed E-state index contributed by atoms with van der Waals surface area (Å²) in [6, 6.07) is 0.0560. The fourth-order valence-corrected chi connectivity index (χ4v) is 4.10. The van der Waals surface area contributed by atoms with E-state index in [1.54, 1.807) is 6.20 Å². The molecule has 1 aliphatic carbocycles. The number of aryl methyl sites for hydroxylation is 1. The molecule has 0 bridgehead atoms. The van der Waals surface area contributed by atoms with E-state index in [0.717, 1.165) is 61.0 Å². The number of hydrogen-bond donors (Lipinski definition) is 2. The van der Waals surface area contributed by atoms with Gasteiger partial charge in [-0.15, -0.1) is 0 Å². The van der Waals surface area contributed by atoms with Gasteiger partial charge in [0.2, 0.25) is 0 Å². The van der Waals surface area contributed by atoms with Crippen molar-refractivity contribution in [2.45, 2.75) is 51.5 Å². The van der Waals surface area contributed by atoms with Crippen LogP contribution in [0.15, 0.2) is 12.4 Å². The van der Waals surface area contributed by atoms with E-state index in [2.05, 4.69) is 15.2 Å². The maximum absolute atomic E-state index is 13.2. The van der Waals surface area contributed by atoms with Gasteiger partial charge in [-0.1, -0.05) is 0 Å². The van der Waals surface area contributed by atoms with Crippen LogP contribution in [0.5, 0.6) is 0 Å². The second kappa shape index (κ2) is 5.92. The molecule has 3 heterocycles. The molecule has 0 aromatic carbocycles. The lowest BCUT2D eigenvalue weighted by atomic mass is 9.93. The summed E-state index contributed by atoms with van der Waals surface area (Å²) in [5.74, 6) is 0.162. The molecule has 2 aromatic rings. The molecule has 0 spiro atoms. The molecule has 126 valence electrons. The van der Waals surface area contributed by atoms with E-state index in [-0.39, 0.29) is 17.7 Å². The van der Waals surface area contributed by atoms with E-state index in [1.807, 2.05) is 18.0 Å². The number of likely N-dealkylation sites (tertiary alicyclic amines) is 1. The van der Waals surface area contributed by atoms with Gasteiger partial charge < -0.3 is 9.88 Å². The number of fused-ring (bicyclic) bond motifs is 1. The van der Waals surface area contributed by atoms with E-state index in [9.17, 15) is 9.59 Å². The van der Waals surface area contributed by atoms with Gasteiger partial charge in [-0.25, -0.2) is 0 Å². The largest absolute Gasteiger partial charge is 0.354 e. The van der Waals surface area contributed by atoms with Crippen LogP contribution < -0.4 is 0 Å². The Morgan fingerprint density at radius 3 is 2.92 bits per heavy atom. The van der Waals surface area contributed by atoms with E-state index in [0.29, 0.717) is 12.1 Å². The molecule has 6 heteroatoms. The average molecular weight is 326 g/mol. The zero-order chi connectivity index (χ0) is 16.7. The Morgan fingerprint density at radius 2 is 2.17 bits per heavy atom. The van der Waals surface area contributed by atoms with Gasteiger partial charge in [0.1, 0.15) is 5.69 Å². The molecule has 1 fully saturated rings. The number of hydrogen-bond acceptors (Lipinski definition) is 3. The quantitative estimate of drug-likeness (QED) is 0.890. The first-order valence-electron chi connectivity index (χ1n) is 8.71. The highest BCUT2D eigenvalue weighted by Gasteiger charge is 2.33. The van der Waals surface area contributed by atoms with Crippen LogP contribution in [-0.4, -0.2) is 38.3 Å². The van der Waals surface area contributed by atoms with Crippen molar-refractivity contribution in [1.82, 2.24) is 20.1 Å². The van der Waals surface area contributed by atoms with Gasteiger partial charge in [-0.3, -0.25) is 14.7 Å². The third-order valence-electron chi connectivity index (χ3n) is 5.32. The number of Topliss-reactive ketones (excluding diaryl/α,β-unsaturated/α-hetero) is 1. The van der Waals surface area contributed by atoms with Crippen LogP contribution in [0.25, 0.3) is 0 Å². The number of H-pyrrole nitrogens is 2. The fourth-order valence-electron chi connectivity index (χ4n) is 4.10. The minimum absolute atomic E-state index is 0.000556. The number of aromatic amines is 2. The number of aromatic nitrogens is 3. The molecule has 0 radical (unpaired) electrons. The summed E-state index contributed by atoms with van der Waals surface area (Å²) in [5.41, 5.74) is 4.14. The van der Waals surface area contributed by atoms with Crippen LogP contribution in [0.4, 0.5) is 0 Å². The lowest BCUT2D eigenvalue weighted by Gasteiger charge is -2.35. The smallest absolute Gasteiger partial charge is 0.271 e. The Kier molecular flexibility index (Phi) is 3.75. The Labute approximate surface area is 140 Å². The summed E-state index contributed by atoms with van der Waals surface area (Å²) in [5, 5.41) is 6.87. The maximum atomic E-state index is 13.2. The third-order valence-corrected chi connectivity index (χ3v) is 5.32. The topological polar surface area (TPSA) is 81.8 Å². The fraction of sp³-hybridized carbons (Fsp3) is 0.500. The number of nitrogens with zero attached hydrogens (tertiary/aromatic N) is 2. The highest BCUT2D eigenvalue weighted by atomic mass is 16.2. The molecule has 1 unspecified atom stereocenters. The van der Waals surface area contributed by atoms with Crippen molar-refractivity contribution in [2.24, 2.45) is 0 Å². The number of carbonyl (C=O) groups is 2. The first-order valence-corrected chi connectivity index (χ1v) is 8.71. The molecule has 1 aliphatic heterocycles. The number of amides is 1. The average Bonchev–Trinajstić information content (AvgIpc) is 3.23. The van der Waals surface area contributed by atoms with E-state index in [1.165, 1.54) is 0 Å². The van der Waals surface area contributed by atoms with Crippen molar-refractivity contribution in [3.05, 3.63) is 40.5 Å². The number of piperidine rings is 1. The Bertz CT molecular complexity index is 775. The maximum Gasteiger partial charge on any atom is 0.271 e. The Hall–Kier alpha value is -2.37. The van der Waals surface area contributed by atoms with Gasteiger partial charge in [-0.05, 0) is 44.6 Å². The van der Waals surface area contributed by atoms with Crippen LogP contribution in [0, 0.1) is 6.92 Å². The van der Waals surface area contributed by atoms with Crippen LogP contribution in [0.2, 0.25) is 0 Å². The number of ketones is 1. The van der Waals surface area contributed by atoms with Crippen LogP contribution >= 0.6 is 0 Å². The number of nitrogens with one attached hydrogen (secondary N) is 2. The minimum atomic E-state index is 0.000556. The highest BCUT2D eigenvalue weighted by Crippen LogP contribution is 2.33. The van der Waals surface area contributed by atoms with E-state index >= 15 is 0 Å². The molecule has 2 N–H and O–H groups in total. The summed E-state index contributed by atoms with van der Waals surface area (Å²) in [4.78, 5) is 30.6. The summed E-state index contributed by atoms with van der Waals surface area (Å²) in [6.07, 6.45) is 9.03. The van der Waals surface area contributed by atoms with E-state index < -0.39 is 0 Å². The van der Waals surface area contributed by atoms with Crippen molar-refractivity contribution in [3.8, 4) is 0 Å².